The zero-order valence-corrected chi connectivity index (χ0v) is 9.25. The van der Waals surface area contributed by atoms with Crippen LogP contribution < -0.4 is 0 Å². The van der Waals surface area contributed by atoms with E-state index in [4.69, 9.17) is 9.47 Å². The Labute approximate surface area is 90.4 Å². The summed E-state index contributed by atoms with van der Waals surface area (Å²) in [5.74, 6) is 0.294. The highest BCUT2D eigenvalue weighted by atomic mass is 16.6. The van der Waals surface area contributed by atoms with E-state index in [1.807, 2.05) is 0 Å². The summed E-state index contributed by atoms with van der Waals surface area (Å²) in [6.07, 6.45) is 2.55. The summed E-state index contributed by atoms with van der Waals surface area (Å²) in [6, 6.07) is 0. The molecule has 2 aliphatic heterocycles. The first-order chi connectivity index (χ1) is 7.13. The number of allylic oxidation sites excluding steroid dienone is 1. The molecule has 15 heavy (non-hydrogen) atoms. The molecular weight excluding hydrogens is 192 g/mol. The molecule has 0 aromatic rings. The molecule has 2 aliphatic rings. The fourth-order valence-corrected chi connectivity index (χ4v) is 2.46. The van der Waals surface area contributed by atoms with Crippen molar-refractivity contribution < 1.29 is 14.3 Å². The Kier molecular flexibility index (Phi) is 2.94. The van der Waals surface area contributed by atoms with Crippen molar-refractivity contribution in [2.45, 2.75) is 31.8 Å². The fraction of sp³-hybridized carbons (Fsp3) is 0.750. The van der Waals surface area contributed by atoms with Crippen LogP contribution in [0.3, 0.4) is 0 Å². The molecule has 0 aromatic carbocycles. The van der Waals surface area contributed by atoms with Gasteiger partial charge in [-0.2, -0.15) is 0 Å². The summed E-state index contributed by atoms with van der Waals surface area (Å²) in [6.45, 7) is 7.59. The maximum atomic E-state index is 11.8. The van der Waals surface area contributed by atoms with E-state index in [2.05, 4.69) is 6.58 Å². The van der Waals surface area contributed by atoms with Gasteiger partial charge in [-0.15, -0.1) is 0 Å². The lowest BCUT2D eigenvalue weighted by Gasteiger charge is -2.36. The first kappa shape index (κ1) is 10.8. The summed E-state index contributed by atoms with van der Waals surface area (Å²) >= 11 is 0. The van der Waals surface area contributed by atoms with E-state index in [0.29, 0.717) is 18.8 Å². The van der Waals surface area contributed by atoms with Crippen molar-refractivity contribution in [3.63, 3.8) is 0 Å². The molecule has 3 heteroatoms. The first-order valence-electron chi connectivity index (χ1n) is 5.54. The molecule has 0 saturated carbocycles. The van der Waals surface area contributed by atoms with Gasteiger partial charge in [-0.1, -0.05) is 6.58 Å². The lowest BCUT2D eigenvalue weighted by molar-refractivity contribution is -0.133. The van der Waals surface area contributed by atoms with Crippen LogP contribution in [-0.4, -0.2) is 31.2 Å². The van der Waals surface area contributed by atoms with Crippen LogP contribution in [0.1, 0.15) is 26.2 Å². The molecule has 2 rings (SSSR count). The topological polar surface area (TPSA) is 35.5 Å². The van der Waals surface area contributed by atoms with Crippen LogP contribution in [0.4, 0.5) is 0 Å². The second-order valence-electron chi connectivity index (χ2n) is 4.67. The maximum absolute atomic E-state index is 11.8. The molecule has 3 nitrogen and oxygen atoms in total. The standard InChI is InChI=1S/C12H18O3/c1-9(2)11(13)10-3-5-15-12(7-10)4-6-14-8-12/h10H,1,3-8H2,2H3. The maximum Gasteiger partial charge on any atom is 0.161 e. The third kappa shape index (κ3) is 2.13. The van der Waals surface area contributed by atoms with Crippen LogP contribution in [0, 0.1) is 5.92 Å². The van der Waals surface area contributed by atoms with Crippen molar-refractivity contribution in [2.75, 3.05) is 19.8 Å². The van der Waals surface area contributed by atoms with Crippen LogP contribution >= 0.6 is 0 Å². The van der Waals surface area contributed by atoms with Crippen molar-refractivity contribution >= 4 is 5.78 Å². The average molecular weight is 210 g/mol. The molecule has 2 fully saturated rings. The van der Waals surface area contributed by atoms with Gasteiger partial charge in [0.2, 0.25) is 0 Å². The van der Waals surface area contributed by atoms with Gasteiger partial charge in [0.1, 0.15) is 0 Å². The van der Waals surface area contributed by atoms with Gasteiger partial charge in [0, 0.05) is 25.6 Å². The fourth-order valence-electron chi connectivity index (χ4n) is 2.46. The van der Waals surface area contributed by atoms with E-state index in [0.717, 1.165) is 25.9 Å². The highest BCUT2D eigenvalue weighted by molar-refractivity contribution is 5.96. The summed E-state index contributed by atoms with van der Waals surface area (Å²) in [7, 11) is 0. The van der Waals surface area contributed by atoms with Gasteiger partial charge in [-0.3, -0.25) is 4.79 Å². The molecule has 84 valence electrons. The van der Waals surface area contributed by atoms with Gasteiger partial charge in [-0.25, -0.2) is 0 Å². The van der Waals surface area contributed by atoms with E-state index in [1.165, 1.54) is 0 Å². The molecule has 0 amide bonds. The SMILES string of the molecule is C=C(C)C(=O)C1CCOC2(CCOC2)C1. The average Bonchev–Trinajstić information content (AvgIpc) is 2.65. The van der Waals surface area contributed by atoms with Crippen molar-refractivity contribution in [3.8, 4) is 0 Å². The molecule has 2 heterocycles. The lowest BCUT2D eigenvalue weighted by Crippen LogP contribution is -2.42. The molecule has 0 aromatic heterocycles. The van der Waals surface area contributed by atoms with E-state index in [1.54, 1.807) is 6.92 Å². The highest BCUT2D eigenvalue weighted by Crippen LogP contribution is 2.36. The van der Waals surface area contributed by atoms with Gasteiger partial charge in [0.15, 0.2) is 5.78 Å². The van der Waals surface area contributed by atoms with Crippen molar-refractivity contribution in [1.29, 1.82) is 0 Å². The number of carbonyl (C=O) groups is 1. The van der Waals surface area contributed by atoms with Crippen molar-refractivity contribution in [3.05, 3.63) is 12.2 Å². The van der Waals surface area contributed by atoms with Crippen LogP contribution in [0.25, 0.3) is 0 Å². The van der Waals surface area contributed by atoms with Gasteiger partial charge >= 0.3 is 0 Å². The number of Topliss-reactive ketones (excluding diaryl/α,β-unsaturated/α-hetero) is 1. The number of ether oxygens (including phenoxy) is 2. The minimum absolute atomic E-state index is 0.0953. The van der Waals surface area contributed by atoms with E-state index in [-0.39, 0.29) is 17.3 Å². The summed E-state index contributed by atoms with van der Waals surface area (Å²) in [5, 5.41) is 0. The zero-order valence-electron chi connectivity index (χ0n) is 9.25. The van der Waals surface area contributed by atoms with E-state index < -0.39 is 0 Å². The third-order valence-electron chi connectivity index (χ3n) is 3.35. The Morgan fingerprint density at radius 3 is 2.87 bits per heavy atom. The molecule has 2 atom stereocenters. The Hall–Kier alpha value is -0.670. The van der Waals surface area contributed by atoms with Crippen molar-refractivity contribution in [1.82, 2.24) is 0 Å². The van der Waals surface area contributed by atoms with Crippen molar-refractivity contribution in [2.24, 2.45) is 5.92 Å². The second-order valence-corrected chi connectivity index (χ2v) is 4.67. The molecule has 0 radical (unpaired) electrons. The lowest BCUT2D eigenvalue weighted by atomic mass is 9.81. The van der Waals surface area contributed by atoms with Gasteiger partial charge in [0.05, 0.1) is 12.2 Å². The number of rotatable bonds is 2. The van der Waals surface area contributed by atoms with E-state index >= 15 is 0 Å². The molecule has 1 spiro atoms. The van der Waals surface area contributed by atoms with Gasteiger partial charge in [0.25, 0.3) is 0 Å². The Morgan fingerprint density at radius 1 is 1.47 bits per heavy atom. The smallest absolute Gasteiger partial charge is 0.161 e. The number of carbonyl (C=O) groups excluding carboxylic acids is 1. The summed E-state index contributed by atoms with van der Waals surface area (Å²) in [4.78, 5) is 11.8. The molecular formula is C12H18O3. The highest BCUT2D eigenvalue weighted by Gasteiger charge is 2.42. The Bertz CT molecular complexity index is 277. The van der Waals surface area contributed by atoms with Gasteiger partial charge < -0.3 is 9.47 Å². The quantitative estimate of drug-likeness (QED) is 0.651. The largest absolute Gasteiger partial charge is 0.378 e. The Morgan fingerprint density at radius 2 is 2.27 bits per heavy atom. The number of hydrogen-bond acceptors (Lipinski definition) is 3. The number of ketones is 1. The Balaban J connectivity index is 2.03. The second kappa shape index (κ2) is 4.06. The summed E-state index contributed by atoms with van der Waals surface area (Å²) < 4.78 is 11.1. The van der Waals surface area contributed by atoms with Gasteiger partial charge in [-0.05, 0) is 25.3 Å². The normalized spacial score (nSPS) is 35.7. The minimum Gasteiger partial charge on any atom is -0.378 e. The van der Waals surface area contributed by atoms with Crippen LogP contribution in [0.5, 0.6) is 0 Å². The third-order valence-corrected chi connectivity index (χ3v) is 3.35. The predicted molar refractivity (Wildman–Crippen MR) is 56.7 cm³/mol. The van der Waals surface area contributed by atoms with Crippen LogP contribution in [0.2, 0.25) is 0 Å². The molecule has 0 aliphatic carbocycles. The summed E-state index contributed by atoms with van der Waals surface area (Å²) in [5.41, 5.74) is 0.490. The minimum atomic E-state index is -0.173. The molecule has 0 bridgehead atoms. The predicted octanol–water partition coefficient (Wildman–Crippen LogP) is 1.72. The number of hydrogen-bond donors (Lipinski definition) is 0. The molecule has 2 saturated heterocycles. The monoisotopic (exact) mass is 210 g/mol. The van der Waals surface area contributed by atoms with Crippen LogP contribution in [0.15, 0.2) is 12.2 Å². The van der Waals surface area contributed by atoms with E-state index in [9.17, 15) is 4.79 Å². The molecule has 0 N–H and O–H groups in total. The molecule has 2 unspecified atom stereocenters. The first-order valence-corrected chi connectivity index (χ1v) is 5.54. The van der Waals surface area contributed by atoms with Crippen LogP contribution in [-0.2, 0) is 14.3 Å². The zero-order chi connectivity index (χ0) is 10.9.